The van der Waals surface area contributed by atoms with Gasteiger partial charge >= 0.3 is 5.91 Å². The van der Waals surface area contributed by atoms with Gasteiger partial charge in [-0.3, -0.25) is 4.79 Å². The fourth-order valence-corrected chi connectivity index (χ4v) is 2.62. The van der Waals surface area contributed by atoms with Crippen LogP contribution in [0.5, 0.6) is 5.75 Å². The van der Waals surface area contributed by atoms with Crippen LogP contribution in [0.2, 0.25) is 0 Å². The van der Waals surface area contributed by atoms with Crippen molar-refractivity contribution < 1.29 is 14.6 Å². The van der Waals surface area contributed by atoms with Crippen LogP contribution in [-0.4, -0.2) is 18.0 Å². The van der Waals surface area contributed by atoms with Crippen molar-refractivity contribution in [2.45, 2.75) is 20.8 Å². The van der Waals surface area contributed by atoms with E-state index >= 15 is 0 Å². The lowest BCUT2D eigenvalue weighted by Gasteiger charge is -2.17. The highest BCUT2D eigenvalue weighted by Crippen LogP contribution is 2.28. The molecule has 0 bridgehead atoms. The number of carbonyl (C=O) groups excluding carboxylic acids is 1. The average Bonchev–Trinajstić information content (AvgIpc) is 2.49. The van der Waals surface area contributed by atoms with Crippen molar-refractivity contribution in [3.63, 3.8) is 0 Å². The van der Waals surface area contributed by atoms with Gasteiger partial charge in [0.05, 0.1) is 7.11 Å². The van der Waals surface area contributed by atoms with Crippen LogP contribution in [0.3, 0.4) is 0 Å². The first kappa shape index (κ1) is 16.5. The van der Waals surface area contributed by atoms with Gasteiger partial charge in [0.25, 0.3) is 0 Å². The lowest BCUT2D eigenvalue weighted by molar-refractivity contribution is -0.481. The Kier molecular flexibility index (Phi) is 4.64. The van der Waals surface area contributed by atoms with Gasteiger partial charge in [0.1, 0.15) is 11.4 Å². The molecule has 0 heterocycles. The number of carbonyl (C=O) groups is 1. The molecule has 23 heavy (non-hydrogen) atoms. The van der Waals surface area contributed by atoms with E-state index in [-0.39, 0.29) is 5.56 Å². The van der Waals surface area contributed by atoms with Crippen molar-refractivity contribution in [1.82, 2.24) is 0 Å². The van der Waals surface area contributed by atoms with Crippen LogP contribution in [0.15, 0.2) is 36.4 Å². The Balaban J connectivity index is 2.50. The van der Waals surface area contributed by atoms with Gasteiger partial charge in [-0.1, -0.05) is 17.7 Å². The number of benzene rings is 2. The van der Waals surface area contributed by atoms with Crippen LogP contribution in [0.1, 0.15) is 27.0 Å². The molecule has 1 amide bonds. The molecule has 0 atom stereocenters. The van der Waals surface area contributed by atoms with Gasteiger partial charge in [-0.2, -0.15) is 0 Å². The number of rotatable bonds is 4. The Morgan fingerprint density at radius 2 is 1.61 bits per heavy atom. The molecule has 0 aliphatic carbocycles. The molecule has 0 aliphatic rings. The van der Waals surface area contributed by atoms with Gasteiger partial charge in [-0.15, -0.1) is 0 Å². The highest BCUT2D eigenvalue weighted by molar-refractivity contribution is 6.05. The summed E-state index contributed by atoms with van der Waals surface area (Å²) in [4.78, 5) is 24.1. The van der Waals surface area contributed by atoms with Gasteiger partial charge in [0.15, 0.2) is 5.03 Å². The highest BCUT2D eigenvalue weighted by atomic mass is 16.7. The van der Waals surface area contributed by atoms with Crippen molar-refractivity contribution in [3.05, 3.63) is 68.8 Å². The minimum absolute atomic E-state index is 0.224. The predicted octanol–water partition coefficient (Wildman–Crippen LogP) is 3.46. The maximum Gasteiger partial charge on any atom is 0.319 e. The molecule has 6 heteroatoms. The molecule has 2 rings (SSSR count). The van der Waals surface area contributed by atoms with Crippen LogP contribution >= 0.6 is 0 Å². The summed E-state index contributed by atoms with van der Waals surface area (Å²) < 4.78 is 5.03. The number of ether oxygens (including phenoxy) is 1. The predicted molar refractivity (Wildman–Crippen MR) is 87.5 cm³/mol. The smallest absolute Gasteiger partial charge is 0.319 e. The zero-order valence-corrected chi connectivity index (χ0v) is 13.5. The van der Waals surface area contributed by atoms with E-state index < -0.39 is 10.9 Å². The highest BCUT2D eigenvalue weighted by Gasteiger charge is 2.31. The molecule has 0 N–H and O–H groups in total. The summed E-state index contributed by atoms with van der Waals surface area (Å²) in [6, 6.07) is 9.85. The van der Waals surface area contributed by atoms with Gasteiger partial charge in [-0.25, -0.2) is 10.1 Å². The Hall–Kier alpha value is -2.89. The van der Waals surface area contributed by atoms with Gasteiger partial charge < -0.3 is 4.74 Å². The van der Waals surface area contributed by atoms with E-state index in [4.69, 9.17) is 4.74 Å². The van der Waals surface area contributed by atoms with Crippen molar-refractivity contribution in [1.29, 1.82) is 0 Å². The van der Waals surface area contributed by atoms with Gasteiger partial charge in [0.2, 0.25) is 0 Å². The number of aryl methyl sites for hydroxylation is 3. The number of anilines is 1. The van der Waals surface area contributed by atoms with E-state index in [0.717, 1.165) is 5.56 Å². The Morgan fingerprint density at radius 3 is 2.04 bits per heavy atom. The Bertz CT molecular complexity index is 731. The fourth-order valence-electron chi connectivity index (χ4n) is 2.62. The number of nitrogens with zero attached hydrogens (tertiary/aromatic N) is 2. The van der Waals surface area contributed by atoms with Crippen LogP contribution in [0.4, 0.5) is 5.69 Å². The zero-order valence-electron chi connectivity index (χ0n) is 13.5. The normalized spacial score (nSPS) is 10.3. The van der Waals surface area contributed by atoms with Crippen LogP contribution in [0.25, 0.3) is 0 Å². The van der Waals surface area contributed by atoms with Gasteiger partial charge in [0, 0.05) is 5.56 Å². The van der Waals surface area contributed by atoms with Gasteiger partial charge in [-0.05, 0) is 61.2 Å². The first-order valence-corrected chi connectivity index (χ1v) is 7.05. The van der Waals surface area contributed by atoms with E-state index in [2.05, 4.69) is 0 Å². The number of methoxy groups -OCH3 is 1. The molecular weight excluding hydrogens is 296 g/mol. The average molecular weight is 314 g/mol. The second-order valence-electron chi connectivity index (χ2n) is 5.33. The maximum atomic E-state index is 12.6. The molecule has 0 aromatic heterocycles. The van der Waals surface area contributed by atoms with E-state index in [1.807, 2.05) is 19.1 Å². The maximum absolute atomic E-state index is 12.6. The van der Waals surface area contributed by atoms with Crippen molar-refractivity contribution in [3.8, 4) is 5.75 Å². The largest absolute Gasteiger partial charge is 0.497 e. The minimum Gasteiger partial charge on any atom is -0.497 e. The third kappa shape index (κ3) is 3.31. The van der Waals surface area contributed by atoms with E-state index in [1.165, 1.54) is 19.2 Å². The molecule has 0 saturated carbocycles. The van der Waals surface area contributed by atoms with Crippen LogP contribution < -0.4 is 9.75 Å². The van der Waals surface area contributed by atoms with E-state index in [0.29, 0.717) is 27.6 Å². The second kappa shape index (κ2) is 6.48. The molecule has 0 spiro atoms. The lowest BCUT2D eigenvalue weighted by atomic mass is 10.0. The first-order valence-electron chi connectivity index (χ1n) is 7.05. The molecule has 6 nitrogen and oxygen atoms in total. The Morgan fingerprint density at radius 1 is 1.09 bits per heavy atom. The summed E-state index contributed by atoms with van der Waals surface area (Å²) in [6.07, 6.45) is 0. The summed E-state index contributed by atoms with van der Waals surface area (Å²) in [5.41, 5.74) is 2.88. The van der Waals surface area contributed by atoms with E-state index in [1.54, 1.807) is 26.0 Å². The quantitative estimate of drug-likeness (QED) is 0.640. The molecule has 2 aromatic rings. The third-order valence-corrected chi connectivity index (χ3v) is 3.54. The molecule has 0 saturated heterocycles. The lowest BCUT2D eigenvalue weighted by Crippen LogP contribution is -2.37. The third-order valence-electron chi connectivity index (χ3n) is 3.54. The zero-order chi connectivity index (χ0) is 17.1. The topological polar surface area (TPSA) is 72.7 Å². The molecule has 2 aromatic carbocycles. The summed E-state index contributed by atoms with van der Waals surface area (Å²) in [7, 11) is 1.51. The number of hydrogen-bond acceptors (Lipinski definition) is 4. The number of hydrogen-bond donors (Lipinski definition) is 0. The van der Waals surface area contributed by atoms with Crippen molar-refractivity contribution in [2.75, 3.05) is 12.1 Å². The summed E-state index contributed by atoms with van der Waals surface area (Å²) >= 11 is 0. The molecular formula is C17H18N2O4. The minimum atomic E-state index is -0.687. The van der Waals surface area contributed by atoms with Crippen LogP contribution in [0, 0.1) is 30.9 Å². The molecule has 0 fully saturated rings. The number of amides is 1. The summed E-state index contributed by atoms with van der Waals surface area (Å²) in [5, 5.41) is 11.4. The molecule has 0 unspecified atom stereocenters. The second-order valence-corrected chi connectivity index (χ2v) is 5.33. The van der Waals surface area contributed by atoms with Crippen molar-refractivity contribution >= 4 is 11.6 Å². The Labute approximate surface area is 134 Å². The number of hydrazine groups is 1. The molecule has 120 valence electrons. The van der Waals surface area contributed by atoms with Crippen LogP contribution in [-0.2, 0) is 0 Å². The standard InChI is InChI=1S/C17H18N2O4/c1-11-9-12(2)16(13(3)10-11)18(19(21)22)17(20)14-5-7-15(23-4)8-6-14/h5-10H,1-4H3. The SMILES string of the molecule is COc1ccc(C(=O)N(c2c(C)cc(C)cc2C)[N+](=O)[O-])cc1. The number of nitro groups is 1. The fraction of sp³-hybridized carbons (Fsp3) is 0.235. The molecule has 0 aliphatic heterocycles. The summed E-state index contributed by atoms with van der Waals surface area (Å²) in [5.74, 6) is -0.107. The van der Waals surface area contributed by atoms with Crippen molar-refractivity contribution in [2.24, 2.45) is 0 Å². The summed E-state index contributed by atoms with van der Waals surface area (Å²) in [6.45, 7) is 5.42. The van der Waals surface area contributed by atoms with E-state index in [9.17, 15) is 14.9 Å². The monoisotopic (exact) mass is 314 g/mol. The molecule has 0 radical (unpaired) electrons. The first-order chi connectivity index (χ1) is 10.8.